The summed E-state index contributed by atoms with van der Waals surface area (Å²) in [6.07, 6.45) is 1.92. The van der Waals surface area contributed by atoms with Crippen LogP contribution in [0.25, 0.3) is 0 Å². The zero-order valence-corrected chi connectivity index (χ0v) is 10.3. The molecule has 2 heterocycles. The SMILES string of the molecule is CC1CCC(C2C[C@@H](O)c3ccc(F)cc3O2)O1. The minimum Gasteiger partial charge on any atom is -0.487 e. The van der Waals surface area contributed by atoms with Crippen LogP contribution >= 0.6 is 0 Å². The maximum Gasteiger partial charge on any atom is 0.128 e. The lowest BCUT2D eigenvalue weighted by atomic mass is 9.95. The van der Waals surface area contributed by atoms with Gasteiger partial charge in [-0.15, -0.1) is 0 Å². The van der Waals surface area contributed by atoms with Crippen LogP contribution in [0.3, 0.4) is 0 Å². The van der Waals surface area contributed by atoms with Crippen molar-refractivity contribution in [1.29, 1.82) is 0 Å². The predicted octanol–water partition coefficient (Wildman–Crippen LogP) is 2.58. The topological polar surface area (TPSA) is 38.7 Å². The third kappa shape index (κ3) is 2.10. The Morgan fingerprint density at radius 1 is 1.28 bits per heavy atom. The molecule has 0 spiro atoms. The minimum atomic E-state index is -0.598. The average molecular weight is 252 g/mol. The first-order valence-corrected chi connectivity index (χ1v) is 6.43. The molecule has 2 aliphatic heterocycles. The van der Waals surface area contributed by atoms with Crippen LogP contribution in [0.1, 0.15) is 37.9 Å². The van der Waals surface area contributed by atoms with Crippen LogP contribution < -0.4 is 4.74 Å². The number of fused-ring (bicyclic) bond motifs is 1. The number of aliphatic hydroxyl groups excluding tert-OH is 1. The van der Waals surface area contributed by atoms with Crippen molar-refractivity contribution in [3.63, 3.8) is 0 Å². The standard InChI is InChI=1S/C14H17FO3/c1-8-2-5-12(17-8)14-7-11(16)10-4-3-9(15)6-13(10)18-14/h3-4,6,8,11-12,14,16H,2,5,7H2,1H3/t8?,11-,12?,14?/m1/s1. The molecule has 0 aromatic heterocycles. The van der Waals surface area contributed by atoms with Crippen LogP contribution in [0, 0.1) is 5.82 Å². The van der Waals surface area contributed by atoms with E-state index in [-0.39, 0.29) is 24.1 Å². The first kappa shape index (κ1) is 11.9. The molecular formula is C14H17FO3. The van der Waals surface area contributed by atoms with Crippen LogP contribution in [0.4, 0.5) is 4.39 Å². The summed E-state index contributed by atoms with van der Waals surface area (Å²) in [6, 6.07) is 4.27. The number of hydrogen-bond donors (Lipinski definition) is 1. The van der Waals surface area contributed by atoms with Crippen molar-refractivity contribution in [2.45, 2.75) is 50.6 Å². The van der Waals surface area contributed by atoms with Gasteiger partial charge in [0, 0.05) is 18.1 Å². The summed E-state index contributed by atoms with van der Waals surface area (Å²) in [4.78, 5) is 0. The number of halogens is 1. The molecule has 0 aliphatic carbocycles. The molecule has 0 saturated carbocycles. The number of rotatable bonds is 1. The lowest BCUT2D eigenvalue weighted by Crippen LogP contribution is -2.36. The maximum atomic E-state index is 13.2. The summed E-state index contributed by atoms with van der Waals surface area (Å²) < 4.78 is 24.8. The second kappa shape index (κ2) is 4.52. The van der Waals surface area contributed by atoms with Gasteiger partial charge in [-0.25, -0.2) is 4.39 Å². The number of ether oxygens (including phenoxy) is 2. The molecule has 0 radical (unpaired) electrons. The Hall–Kier alpha value is -1.13. The molecule has 1 fully saturated rings. The van der Waals surface area contributed by atoms with Crippen LogP contribution in [-0.2, 0) is 4.74 Å². The summed E-state index contributed by atoms with van der Waals surface area (Å²) in [5.74, 6) is 0.101. The molecule has 3 rings (SSSR count). The highest BCUT2D eigenvalue weighted by atomic mass is 19.1. The van der Waals surface area contributed by atoms with Crippen molar-refractivity contribution in [3.05, 3.63) is 29.6 Å². The molecule has 0 bridgehead atoms. The van der Waals surface area contributed by atoms with Crippen molar-refractivity contribution in [2.75, 3.05) is 0 Å². The molecule has 1 aromatic rings. The average Bonchev–Trinajstić information content (AvgIpc) is 2.75. The fraction of sp³-hybridized carbons (Fsp3) is 0.571. The van der Waals surface area contributed by atoms with E-state index in [1.807, 2.05) is 6.92 Å². The molecule has 1 aromatic carbocycles. The normalized spacial score (nSPS) is 35.1. The van der Waals surface area contributed by atoms with E-state index < -0.39 is 6.10 Å². The van der Waals surface area contributed by atoms with Gasteiger partial charge in [-0.2, -0.15) is 0 Å². The lowest BCUT2D eigenvalue weighted by Gasteiger charge is -2.32. The predicted molar refractivity (Wildman–Crippen MR) is 64.0 cm³/mol. The number of aliphatic hydroxyl groups is 1. The molecule has 4 heteroatoms. The summed E-state index contributed by atoms with van der Waals surface area (Å²) in [7, 11) is 0. The summed E-state index contributed by atoms with van der Waals surface area (Å²) in [5.41, 5.74) is 0.665. The van der Waals surface area contributed by atoms with Gasteiger partial charge in [0.2, 0.25) is 0 Å². The molecule has 1 N–H and O–H groups in total. The highest BCUT2D eigenvalue weighted by molar-refractivity contribution is 5.37. The van der Waals surface area contributed by atoms with E-state index in [1.165, 1.54) is 12.1 Å². The van der Waals surface area contributed by atoms with Gasteiger partial charge in [-0.3, -0.25) is 0 Å². The van der Waals surface area contributed by atoms with Gasteiger partial charge in [0.1, 0.15) is 17.7 Å². The third-order valence-electron chi connectivity index (χ3n) is 3.75. The lowest BCUT2D eigenvalue weighted by molar-refractivity contribution is -0.0466. The van der Waals surface area contributed by atoms with Crippen LogP contribution in [0.15, 0.2) is 18.2 Å². The second-order valence-corrected chi connectivity index (χ2v) is 5.15. The van der Waals surface area contributed by atoms with Gasteiger partial charge in [0.25, 0.3) is 0 Å². The van der Waals surface area contributed by atoms with Crippen molar-refractivity contribution < 1.29 is 19.0 Å². The Labute approximate surface area is 106 Å². The number of benzene rings is 1. The maximum absolute atomic E-state index is 13.2. The summed E-state index contributed by atoms with van der Waals surface area (Å²) in [5, 5.41) is 10.1. The van der Waals surface area contributed by atoms with E-state index in [0.717, 1.165) is 12.8 Å². The smallest absolute Gasteiger partial charge is 0.128 e. The Kier molecular flexibility index (Phi) is 2.99. The highest BCUT2D eigenvalue weighted by Crippen LogP contribution is 2.38. The first-order valence-electron chi connectivity index (χ1n) is 6.43. The largest absolute Gasteiger partial charge is 0.487 e. The van der Waals surface area contributed by atoms with Crippen LogP contribution in [0.5, 0.6) is 5.75 Å². The van der Waals surface area contributed by atoms with Gasteiger partial charge in [0.05, 0.1) is 18.3 Å². The molecule has 4 atom stereocenters. The molecule has 1 saturated heterocycles. The van der Waals surface area contributed by atoms with E-state index in [0.29, 0.717) is 17.7 Å². The van der Waals surface area contributed by atoms with Gasteiger partial charge in [-0.05, 0) is 31.9 Å². The van der Waals surface area contributed by atoms with E-state index in [1.54, 1.807) is 6.07 Å². The second-order valence-electron chi connectivity index (χ2n) is 5.15. The Morgan fingerprint density at radius 3 is 2.83 bits per heavy atom. The van der Waals surface area contributed by atoms with E-state index in [4.69, 9.17) is 9.47 Å². The van der Waals surface area contributed by atoms with E-state index in [2.05, 4.69) is 0 Å². The van der Waals surface area contributed by atoms with E-state index >= 15 is 0 Å². The first-order chi connectivity index (χ1) is 8.63. The Balaban J connectivity index is 1.82. The molecule has 98 valence electrons. The van der Waals surface area contributed by atoms with Crippen molar-refractivity contribution in [2.24, 2.45) is 0 Å². The molecule has 2 aliphatic rings. The minimum absolute atomic E-state index is 0.00562. The monoisotopic (exact) mass is 252 g/mol. The van der Waals surface area contributed by atoms with Gasteiger partial charge in [-0.1, -0.05) is 0 Å². The fourth-order valence-corrected chi connectivity index (χ4v) is 2.78. The van der Waals surface area contributed by atoms with Gasteiger partial charge >= 0.3 is 0 Å². The summed E-state index contributed by atoms with van der Waals surface area (Å²) in [6.45, 7) is 2.03. The van der Waals surface area contributed by atoms with Crippen molar-refractivity contribution >= 4 is 0 Å². The zero-order valence-electron chi connectivity index (χ0n) is 10.3. The quantitative estimate of drug-likeness (QED) is 0.835. The van der Waals surface area contributed by atoms with Crippen LogP contribution in [0.2, 0.25) is 0 Å². The van der Waals surface area contributed by atoms with E-state index in [9.17, 15) is 9.50 Å². The Morgan fingerprint density at radius 2 is 2.11 bits per heavy atom. The third-order valence-corrected chi connectivity index (χ3v) is 3.75. The molecule has 18 heavy (non-hydrogen) atoms. The molecule has 0 amide bonds. The highest BCUT2D eigenvalue weighted by Gasteiger charge is 2.36. The van der Waals surface area contributed by atoms with Crippen molar-refractivity contribution in [3.8, 4) is 5.75 Å². The summed E-state index contributed by atoms with van der Waals surface area (Å²) >= 11 is 0. The van der Waals surface area contributed by atoms with Crippen molar-refractivity contribution in [1.82, 2.24) is 0 Å². The van der Waals surface area contributed by atoms with Gasteiger partial charge < -0.3 is 14.6 Å². The Bertz CT molecular complexity index is 449. The zero-order chi connectivity index (χ0) is 12.7. The van der Waals surface area contributed by atoms with Gasteiger partial charge in [0.15, 0.2) is 0 Å². The van der Waals surface area contributed by atoms with Crippen LogP contribution in [-0.4, -0.2) is 23.4 Å². The fourth-order valence-electron chi connectivity index (χ4n) is 2.78. The molecular weight excluding hydrogens is 235 g/mol. The molecule has 3 nitrogen and oxygen atoms in total. The number of hydrogen-bond acceptors (Lipinski definition) is 3. The molecule has 3 unspecified atom stereocenters.